The standard InChI is InChI=1S/C29H33F5N2O2/c1-18-13-20(3-4-25(18)30)19-6-10-35(11-7-19)23-5-9-28(2,38-17-23)27(37)36-12-8-24-21(16-36)14-22(15-26(24)31)29(32,33)34/h3-4,13-15,19,23H,5-12,16-17H2,1-2H3/t23-,28-/m1/s1. The van der Waals surface area contributed by atoms with Crippen LogP contribution in [0.15, 0.2) is 30.3 Å². The number of aryl methyl sites for hydroxylation is 1. The second kappa shape index (κ2) is 10.2. The molecule has 0 aliphatic carbocycles. The van der Waals surface area contributed by atoms with Gasteiger partial charge in [-0.15, -0.1) is 0 Å². The fourth-order valence-electron chi connectivity index (χ4n) is 6.17. The van der Waals surface area contributed by atoms with Crippen LogP contribution in [0.25, 0.3) is 0 Å². The predicted molar refractivity (Wildman–Crippen MR) is 133 cm³/mol. The summed E-state index contributed by atoms with van der Waals surface area (Å²) < 4.78 is 73.7. The van der Waals surface area contributed by atoms with Gasteiger partial charge in [0.1, 0.15) is 17.2 Å². The van der Waals surface area contributed by atoms with Gasteiger partial charge in [-0.3, -0.25) is 9.69 Å². The Labute approximate surface area is 219 Å². The Hall–Kier alpha value is -2.52. The monoisotopic (exact) mass is 536 g/mol. The second-order valence-electron chi connectivity index (χ2n) is 11.1. The van der Waals surface area contributed by atoms with E-state index in [0.29, 0.717) is 30.6 Å². The fourth-order valence-corrected chi connectivity index (χ4v) is 6.17. The number of nitrogens with zero attached hydrogens (tertiary/aromatic N) is 2. The van der Waals surface area contributed by atoms with E-state index in [1.807, 2.05) is 12.1 Å². The van der Waals surface area contributed by atoms with Gasteiger partial charge in [0, 0.05) is 19.1 Å². The first-order valence-electron chi connectivity index (χ1n) is 13.3. The van der Waals surface area contributed by atoms with Gasteiger partial charge in [0.05, 0.1) is 12.2 Å². The molecule has 206 valence electrons. The molecule has 2 saturated heterocycles. The second-order valence-corrected chi connectivity index (χ2v) is 11.1. The molecule has 1 amide bonds. The van der Waals surface area contributed by atoms with Crippen molar-refractivity contribution >= 4 is 5.91 Å². The molecular formula is C29H33F5N2O2. The minimum absolute atomic E-state index is 0.0617. The van der Waals surface area contributed by atoms with E-state index in [1.165, 1.54) is 16.5 Å². The SMILES string of the molecule is Cc1cc(C2CCN([C@@H]3CC[C@](C)(C(=O)N4CCc5c(F)cc(C(F)(F)F)cc5C4)OC3)CC2)ccc1F. The zero-order valence-electron chi connectivity index (χ0n) is 21.7. The van der Waals surface area contributed by atoms with Crippen LogP contribution < -0.4 is 0 Å². The Morgan fingerprint density at radius 2 is 1.76 bits per heavy atom. The Kier molecular flexibility index (Phi) is 7.28. The van der Waals surface area contributed by atoms with E-state index in [4.69, 9.17) is 4.74 Å². The number of fused-ring (bicyclic) bond motifs is 1. The molecule has 0 unspecified atom stereocenters. The van der Waals surface area contributed by atoms with Crippen LogP contribution in [0.5, 0.6) is 0 Å². The number of rotatable bonds is 3. The molecule has 2 fully saturated rings. The third-order valence-corrected chi connectivity index (χ3v) is 8.60. The van der Waals surface area contributed by atoms with E-state index in [1.54, 1.807) is 13.8 Å². The molecule has 4 nitrogen and oxygen atoms in total. The molecule has 3 heterocycles. The molecule has 0 spiro atoms. The molecule has 0 N–H and O–H groups in total. The van der Waals surface area contributed by atoms with Crippen LogP contribution >= 0.6 is 0 Å². The average Bonchev–Trinajstić information content (AvgIpc) is 2.89. The van der Waals surface area contributed by atoms with Crippen LogP contribution in [0.1, 0.15) is 66.3 Å². The molecule has 3 aliphatic rings. The summed E-state index contributed by atoms with van der Waals surface area (Å²) >= 11 is 0. The van der Waals surface area contributed by atoms with E-state index < -0.39 is 23.2 Å². The number of piperidine rings is 1. The summed E-state index contributed by atoms with van der Waals surface area (Å²) in [5.74, 6) is -0.922. The summed E-state index contributed by atoms with van der Waals surface area (Å²) in [6.45, 7) is 5.91. The van der Waals surface area contributed by atoms with Gasteiger partial charge in [0.15, 0.2) is 0 Å². The molecule has 0 saturated carbocycles. The number of carbonyl (C=O) groups is 1. The molecule has 3 aliphatic heterocycles. The van der Waals surface area contributed by atoms with Crippen molar-refractivity contribution in [1.29, 1.82) is 0 Å². The van der Waals surface area contributed by atoms with Crippen molar-refractivity contribution in [3.05, 3.63) is 69.8 Å². The molecule has 38 heavy (non-hydrogen) atoms. The highest BCUT2D eigenvalue weighted by atomic mass is 19.4. The lowest BCUT2D eigenvalue weighted by Gasteiger charge is -2.45. The normalized spacial score (nSPS) is 25.3. The number of hydrogen-bond acceptors (Lipinski definition) is 3. The Bertz CT molecular complexity index is 1200. The average molecular weight is 537 g/mol. The van der Waals surface area contributed by atoms with Gasteiger partial charge < -0.3 is 9.64 Å². The molecule has 5 rings (SSSR count). The third-order valence-electron chi connectivity index (χ3n) is 8.60. The van der Waals surface area contributed by atoms with Crippen molar-refractivity contribution in [3.8, 4) is 0 Å². The molecule has 0 radical (unpaired) electrons. The van der Waals surface area contributed by atoms with Gasteiger partial charge in [-0.2, -0.15) is 13.2 Å². The topological polar surface area (TPSA) is 32.8 Å². The summed E-state index contributed by atoms with van der Waals surface area (Å²) in [7, 11) is 0. The van der Waals surface area contributed by atoms with E-state index >= 15 is 0 Å². The number of carbonyl (C=O) groups excluding carboxylic acids is 1. The van der Waals surface area contributed by atoms with Crippen LogP contribution in [-0.4, -0.2) is 53.6 Å². The first-order chi connectivity index (χ1) is 17.9. The highest BCUT2D eigenvalue weighted by molar-refractivity contribution is 5.85. The zero-order valence-corrected chi connectivity index (χ0v) is 21.7. The molecular weight excluding hydrogens is 503 g/mol. The summed E-state index contributed by atoms with van der Waals surface area (Å²) in [6, 6.07) is 7.03. The Morgan fingerprint density at radius 3 is 2.39 bits per heavy atom. The van der Waals surface area contributed by atoms with Gasteiger partial charge in [-0.05, 0) is 105 Å². The van der Waals surface area contributed by atoms with Crippen molar-refractivity contribution in [1.82, 2.24) is 9.80 Å². The maximum atomic E-state index is 14.3. The predicted octanol–water partition coefficient (Wildman–Crippen LogP) is 5.99. The highest BCUT2D eigenvalue weighted by Gasteiger charge is 2.44. The van der Waals surface area contributed by atoms with Gasteiger partial charge >= 0.3 is 6.18 Å². The fraction of sp³-hybridized carbons (Fsp3) is 0.552. The van der Waals surface area contributed by atoms with Crippen molar-refractivity contribution < 1.29 is 31.5 Å². The number of benzene rings is 2. The molecule has 0 bridgehead atoms. The van der Waals surface area contributed by atoms with Gasteiger partial charge in [0.2, 0.25) is 0 Å². The van der Waals surface area contributed by atoms with Gasteiger partial charge in [-0.25, -0.2) is 8.78 Å². The summed E-state index contributed by atoms with van der Waals surface area (Å²) in [5, 5.41) is 0. The maximum Gasteiger partial charge on any atom is 0.416 e. The summed E-state index contributed by atoms with van der Waals surface area (Å²) in [5.41, 5.74) is 0.191. The Morgan fingerprint density at radius 1 is 1.03 bits per heavy atom. The smallest absolute Gasteiger partial charge is 0.364 e. The highest BCUT2D eigenvalue weighted by Crippen LogP contribution is 2.37. The lowest BCUT2D eigenvalue weighted by molar-refractivity contribution is -0.168. The van der Waals surface area contributed by atoms with Crippen molar-refractivity contribution in [2.45, 2.75) is 76.2 Å². The minimum Gasteiger partial charge on any atom is -0.364 e. The molecule has 2 aromatic carbocycles. The molecule has 0 aromatic heterocycles. The minimum atomic E-state index is -4.65. The quantitative estimate of drug-likeness (QED) is 0.452. The number of likely N-dealkylation sites (tertiary alicyclic amines) is 1. The first kappa shape index (κ1) is 27.1. The first-order valence-corrected chi connectivity index (χ1v) is 13.3. The van der Waals surface area contributed by atoms with E-state index in [9.17, 15) is 26.7 Å². The molecule has 2 atom stereocenters. The van der Waals surface area contributed by atoms with Crippen molar-refractivity contribution in [3.63, 3.8) is 0 Å². The van der Waals surface area contributed by atoms with Crippen LogP contribution in [0.2, 0.25) is 0 Å². The van der Waals surface area contributed by atoms with Crippen LogP contribution in [0, 0.1) is 18.6 Å². The van der Waals surface area contributed by atoms with Gasteiger partial charge in [0.25, 0.3) is 5.91 Å². The number of halogens is 5. The Balaban J connectivity index is 1.17. The van der Waals surface area contributed by atoms with Crippen molar-refractivity contribution in [2.75, 3.05) is 26.2 Å². The summed E-state index contributed by atoms with van der Waals surface area (Å²) in [6.07, 6.45) is -1.25. The molecule has 9 heteroatoms. The van der Waals surface area contributed by atoms with Gasteiger partial charge in [-0.1, -0.05) is 12.1 Å². The zero-order chi connectivity index (χ0) is 27.2. The lowest BCUT2D eigenvalue weighted by atomic mass is 9.86. The lowest BCUT2D eigenvalue weighted by Crippen LogP contribution is -2.56. The number of amides is 1. The maximum absolute atomic E-state index is 14.3. The number of hydrogen-bond donors (Lipinski definition) is 0. The van der Waals surface area contributed by atoms with E-state index in [2.05, 4.69) is 4.90 Å². The molecule has 2 aromatic rings. The van der Waals surface area contributed by atoms with Crippen LogP contribution in [0.3, 0.4) is 0 Å². The van der Waals surface area contributed by atoms with E-state index in [-0.39, 0.29) is 48.4 Å². The third kappa shape index (κ3) is 5.32. The summed E-state index contributed by atoms with van der Waals surface area (Å²) in [4.78, 5) is 17.3. The van der Waals surface area contributed by atoms with Crippen LogP contribution in [0.4, 0.5) is 22.0 Å². The largest absolute Gasteiger partial charge is 0.416 e. The van der Waals surface area contributed by atoms with Crippen molar-refractivity contribution in [2.24, 2.45) is 0 Å². The number of ether oxygens (including phenoxy) is 1. The van der Waals surface area contributed by atoms with Crippen LogP contribution in [-0.2, 0) is 28.7 Å². The number of alkyl halides is 3. The van der Waals surface area contributed by atoms with E-state index in [0.717, 1.165) is 38.4 Å².